The highest BCUT2D eigenvalue weighted by atomic mass is 19.1. The molecule has 0 saturated heterocycles. The molecular formula is C15H24FN3O. The number of primary amides is 1. The van der Waals surface area contributed by atoms with Crippen LogP contribution in [0.5, 0.6) is 0 Å². The van der Waals surface area contributed by atoms with E-state index in [0.717, 1.165) is 13.0 Å². The molecule has 1 aromatic carbocycles. The summed E-state index contributed by atoms with van der Waals surface area (Å²) in [5.74, 6) is -0.648. The predicted octanol–water partition coefficient (Wildman–Crippen LogP) is 1.90. The fourth-order valence-electron chi connectivity index (χ4n) is 1.97. The Morgan fingerprint density at radius 3 is 2.65 bits per heavy atom. The average molecular weight is 281 g/mol. The quantitative estimate of drug-likeness (QED) is 0.765. The Bertz CT molecular complexity index is 452. The van der Waals surface area contributed by atoms with Crippen LogP contribution in [-0.4, -0.2) is 31.6 Å². The summed E-state index contributed by atoms with van der Waals surface area (Å²) >= 11 is 0. The molecule has 0 saturated carbocycles. The van der Waals surface area contributed by atoms with Crippen LogP contribution in [0, 0.1) is 5.82 Å². The first kappa shape index (κ1) is 16.4. The van der Waals surface area contributed by atoms with E-state index in [1.807, 2.05) is 6.92 Å². The zero-order valence-corrected chi connectivity index (χ0v) is 12.4. The highest BCUT2D eigenvalue weighted by molar-refractivity contribution is 5.84. The third kappa shape index (κ3) is 4.20. The predicted molar refractivity (Wildman–Crippen MR) is 80.2 cm³/mol. The molecule has 1 amide bonds. The van der Waals surface area contributed by atoms with E-state index in [-0.39, 0.29) is 11.7 Å². The number of benzene rings is 1. The number of carbonyl (C=O) groups is 1. The van der Waals surface area contributed by atoms with E-state index in [4.69, 9.17) is 5.73 Å². The van der Waals surface area contributed by atoms with E-state index < -0.39 is 5.54 Å². The van der Waals surface area contributed by atoms with Crippen molar-refractivity contribution in [2.24, 2.45) is 5.73 Å². The van der Waals surface area contributed by atoms with Crippen molar-refractivity contribution < 1.29 is 9.18 Å². The molecule has 20 heavy (non-hydrogen) atoms. The molecular weight excluding hydrogens is 257 g/mol. The summed E-state index contributed by atoms with van der Waals surface area (Å²) < 4.78 is 13.7. The third-order valence-electron chi connectivity index (χ3n) is 3.52. The molecule has 0 heterocycles. The molecule has 0 spiro atoms. The second kappa shape index (κ2) is 7.24. The molecule has 0 bridgehead atoms. The van der Waals surface area contributed by atoms with Crippen molar-refractivity contribution in [2.75, 3.05) is 25.0 Å². The van der Waals surface area contributed by atoms with Gasteiger partial charge in [0.05, 0.1) is 11.2 Å². The molecule has 5 heteroatoms. The van der Waals surface area contributed by atoms with Gasteiger partial charge in [0.1, 0.15) is 5.82 Å². The summed E-state index contributed by atoms with van der Waals surface area (Å²) in [7, 11) is 1.81. The number of anilines is 1. The molecule has 1 unspecified atom stereocenters. The van der Waals surface area contributed by atoms with Crippen molar-refractivity contribution in [3.63, 3.8) is 0 Å². The smallest absolute Gasteiger partial charge is 0.237 e. The van der Waals surface area contributed by atoms with E-state index >= 15 is 0 Å². The number of amides is 1. The zero-order valence-electron chi connectivity index (χ0n) is 12.4. The Morgan fingerprint density at radius 2 is 2.10 bits per heavy atom. The van der Waals surface area contributed by atoms with Crippen LogP contribution < -0.4 is 16.0 Å². The minimum Gasteiger partial charge on any atom is -0.372 e. The van der Waals surface area contributed by atoms with E-state index in [1.54, 1.807) is 37.1 Å². The van der Waals surface area contributed by atoms with Crippen LogP contribution in [0.25, 0.3) is 0 Å². The second-order valence-electron chi connectivity index (χ2n) is 5.25. The number of halogens is 1. The Morgan fingerprint density at radius 1 is 1.45 bits per heavy atom. The Hall–Kier alpha value is -1.62. The second-order valence-corrected chi connectivity index (χ2v) is 5.25. The summed E-state index contributed by atoms with van der Waals surface area (Å²) in [6.07, 6.45) is 1.44. The van der Waals surface area contributed by atoms with Crippen LogP contribution in [0.1, 0.15) is 26.7 Å². The summed E-state index contributed by atoms with van der Waals surface area (Å²) in [6, 6.07) is 6.59. The van der Waals surface area contributed by atoms with Gasteiger partial charge in [-0.2, -0.15) is 0 Å². The molecule has 0 fully saturated rings. The minimum absolute atomic E-state index is 0.266. The molecule has 1 aromatic rings. The highest BCUT2D eigenvalue weighted by Gasteiger charge is 2.30. The Balaban J connectivity index is 2.68. The van der Waals surface area contributed by atoms with Crippen molar-refractivity contribution in [2.45, 2.75) is 32.2 Å². The molecule has 0 radical (unpaired) electrons. The Kier molecular flexibility index (Phi) is 5.95. The molecule has 0 aliphatic carbocycles. The maximum Gasteiger partial charge on any atom is 0.237 e. The normalized spacial score (nSPS) is 13.8. The number of nitrogens with two attached hydrogens (primary N) is 1. The SMILES string of the molecule is CCCNC(C)(CCN(C)c1ccccc1F)C(N)=O. The van der Waals surface area contributed by atoms with Gasteiger partial charge in [-0.05, 0) is 38.4 Å². The summed E-state index contributed by atoms with van der Waals surface area (Å²) in [5.41, 5.74) is 5.23. The maximum atomic E-state index is 13.7. The average Bonchev–Trinajstić information content (AvgIpc) is 2.43. The van der Waals surface area contributed by atoms with E-state index in [2.05, 4.69) is 5.32 Å². The van der Waals surface area contributed by atoms with Crippen molar-refractivity contribution in [3.8, 4) is 0 Å². The molecule has 0 aliphatic heterocycles. The molecule has 4 nitrogen and oxygen atoms in total. The van der Waals surface area contributed by atoms with E-state index in [1.165, 1.54) is 6.07 Å². The first-order chi connectivity index (χ1) is 9.40. The van der Waals surface area contributed by atoms with E-state index in [9.17, 15) is 9.18 Å². The monoisotopic (exact) mass is 281 g/mol. The number of hydrogen-bond donors (Lipinski definition) is 2. The van der Waals surface area contributed by atoms with Crippen LogP contribution in [0.4, 0.5) is 10.1 Å². The van der Waals surface area contributed by atoms with Crippen LogP contribution in [-0.2, 0) is 4.79 Å². The standard InChI is InChI=1S/C15H24FN3O/c1-4-10-18-15(2,14(17)20)9-11-19(3)13-8-6-5-7-12(13)16/h5-8,18H,4,9-11H2,1-3H3,(H2,17,20). The fraction of sp³-hybridized carbons (Fsp3) is 0.533. The van der Waals surface area contributed by atoms with Crippen LogP contribution in [0.2, 0.25) is 0 Å². The lowest BCUT2D eigenvalue weighted by molar-refractivity contribution is -0.124. The first-order valence-electron chi connectivity index (χ1n) is 6.91. The molecule has 1 rings (SSSR count). The van der Waals surface area contributed by atoms with Crippen molar-refractivity contribution >= 4 is 11.6 Å². The van der Waals surface area contributed by atoms with Crippen molar-refractivity contribution in [1.82, 2.24) is 5.32 Å². The minimum atomic E-state index is -0.768. The fourth-order valence-corrected chi connectivity index (χ4v) is 1.97. The van der Waals surface area contributed by atoms with Gasteiger partial charge in [-0.25, -0.2) is 4.39 Å². The van der Waals surface area contributed by atoms with Crippen LogP contribution in [0.15, 0.2) is 24.3 Å². The van der Waals surface area contributed by atoms with Gasteiger partial charge >= 0.3 is 0 Å². The van der Waals surface area contributed by atoms with Gasteiger partial charge in [-0.3, -0.25) is 4.79 Å². The van der Waals surface area contributed by atoms with Gasteiger partial charge in [-0.15, -0.1) is 0 Å². The van der Waals surface area contributed by atoms with Gasteiger partial charge in [0, 0.05) is 13.6 Å². The highest BCUT2D eigenvalue weighted by Crippen LogP contribution is 2.19. The topological polar surface area (TPSA) is 58.4 Å². The van der Waals surface area contributed by atoms with Gasteiger partial charge in [0.25, 0.3) is 0 Å². The lowest BCUT2D eigenvalue weighted by atomic mass is 9.96. The van der Waals surface area contributed by atoms with Crippen LogP contribution >= 0.6 is 0 Å². The number of nitrogens with one attached hydrogen (secondary N) is 1. The molecule has 0 aromatic heterocycles. The van der Waals surface area contributed by atoms with E-state index in [0.29, 0.717) is 18.7 Å². The number of rotatable bonds is 8. The van der Waals surface area contributed by atoms with Gasteiger partial charge in [-0.1, -0.05) is 19.1 Å². The van der Waals surface area contributed by atoms with Crippen molar-refractivity contribution in [3.05, 3.63) is 30.1 Å². The number of para-hydroxylation sites is 1. The Labute approximate surface area is 120 Å². The number of carbonyl (C=O) groups excluding carboxylic acids is 1. The summed E-state index contributed by atoms with van der Waals surface area (Å²) in [4.78, 5) is 13.4. The van der Waals surface area contributed by atoms with Crippen molar-refractivity contribution in [1.29, 1.82) is 0 Å². The molecule has 112 valence electrons. The lowest BCUT2D eigenvalue weighted by Crippen LogP contribution is -2.54. The number of nitrogens with zero attached hydrogens (tertiary/aromatic N) is 1. The largest absolute Gasteiger partial charge is 0.372 e. The first-order valence-corrected chi connectivity index (χ1v) is 6.91. The zero-order chi connectivity index (χ0) is 15.2. The maximum absolute atomic E-state index is 13.7. The summed E-state index contributed by atoms with van der Waals surface area (Å²) in [5, 5.41) is 3.17. The van der Waals surface area contributed by atoms with Gasteiger partial charge in [0.15, 0.2) is 0 Å². The summed E-state index contributed by atoms with van der Waals surface area (Å²) in [6.45, 7) is 5.08. The molecule has 1 atom stereocenters. The number of hydrogen-bond acceptors (Lipinski definition) is 3. The lowest BCUT2D eigenvalue weighted by Gasteiger charge is -2.30. The third-order valence-corrected chi connectivity index (χ3v) is 3.52. The van der Waals surface area contributed by atoms with Crippen LogP contribution in [0.3, 0.4) is 0 Å². The van der Waals surface area contributed by atoms with Gasteiger partial charge < -0.3 is 16.0 Å². The molecule has 0 aliphatic rings. The molecule has 3 N–H and O–H groups in total. The van der Waals surface area contributed by atoms with Gasteiger partial charge in [0.2, 0.25) is 5.91 Å².